The maximum Gasteiger partial charge on any atom is 0.0727 e. The Bertz CT molecular complexity index is 93.1. The molecule has 3 heteroatoms. The summed E-state index contributed by atoms with van der Waals surface area (Å²) in [4.78, 5) is 0. The van der Waals surface area contributed by atoms with E-state index < -0.39 is 6.10 Å². The zero-order valence-electron chi connectivity index (χ0n) is 5.91. The highest BCUT2D eigenvalue weighted by molar-refractivity contribution is 4.74. The molecule has 3 nitrogen and oxygen atoms in total. The Hall–Kier alpha value is -0.540. The van der Waals surface area contributed by atoms with Crippen molar-refractivity contribution < 1.29 is 5.11 Å². The largest absolute Gasteiger partial charge is 0.391 e. The number of aliphatic hydroxyl groups excluding tert-OH is 1. The van der Waals surface area contributed by atoms with Gasteiger partial charge < -0.3 is 10.1 Å². The summed E-state index contributed by atoms with van der Waals surface area (Å²) >= 11 is 0. The summed E-state index contributed by atoms with van der Waals surface area (Å²) in [7, 11) is 0. The number of aliphatic hydroxyl groups is 1. The van der Waals surface area contributed by atoms with Crippen LogP contribution < -0.4 is 5.84 Å². The summed E-state index contributed by atoms with van der Waals surface area (Å²) in [6.45, 7) is 6.97. The van der Waals surface area contributed by atoms with Gasteiger partial charge in [0.15, 0.2) is 0 Å². The Balaban J connectivity index is 3.71. The quantitative estimate of drug-likeness (QED) is 0.420. The second-order valence-corrected chi connectivity index (χ2v) is 2.11. The Morgan fingerprint density at radius 2 is 2.11 bits per heavy atom. The first kappa shape index (κ1) is 8.46. The second-order valence-electron chi connectivity index (χ2n) is 2.11. The van der Waals surface area contributed by atoms with Crippen molar-refractivity contribution in [2.45, 2.75) is 26.0 Å². The molecule has 0 aliphatic carbocycles. The first-order chi connectivity index (χ1) is 4.09. The molecule has 54 valence electrons. The van der Waals surface area contributed by atoms with Crippen LogP contribution in [-0.4, -0.2) is 22.3 Å². The van der Waals surface area contributed by atoms with Crippen LogP contribution >= 0.6 is 0 Å². The summed E-state index contributed by atoms with van der Waals surface area (Å²) in [6, 6.07) is -0.0671. The molecule has 0 aliphatic rings. The Morgan fingerprint density at radius 1 is 1.67 bits per heavy atom. The second kappa shape index (κ2) is 3.48. The Kier molecular flexibility index (Phi) is 3.27. The van der Waals surface area contributed by atoms with Crippen LogP contribution in [0.5, 0.6) is 0 Å². The molecule has 0 aromatic rings. The average molecular weight is 130 g/mol. The van der Waals surface area contributed by atoms with E-state index in [-0.39, 0.29) is 6.04 Å². The van der Waals surface area contributed by atoms with Crippen molar-refractivity contribution in [1.29, 1.82) is 0 Å². The van der Waals surface area contributed by atoms with Crippen molar-refractivity contribution >= 4 is 0 Å². The number of hydrazine groups is 1. The summed E-state index contributed by atoms with van der Waals surface area (Å²) in [5, 5.41) is 10.3. The molecule has 0 amide bonds. The van der Waals surface area contributed by atoms with Gasteiger partial charge in [-0.1, -0.05) is 6.58 Å². The summed E-state index contributed by atoms with van der Waals surface area (Å²) in [5.74, 6) is 5.37. The monoisotopic (exact) mass is 130 g/mol. The van der Waals surface area contributed by atoms with E-state index in [1.807, 2.05) is 6.92 Å². The van der Waals surface area contributed by atoms with E-state index in [0.29, 0.717) is 0 Å². The van der Waals surface area contributed by atoms with Gasteiger partial charge in [0.1, 0.15) is 0 Å². The number of nitrogens with two attached hydrogens (primary N) is 1. The predicted molar refractivity (Wildman–Crippen MR) is 37.4 cm³/mol. The molecule has 0 aromatic carbocycles. The van der Waals surface area contributed by atoms with E-state index in [1.165, 1.54) is 11.2 Å². The van der Waals surface area contributed by atoms with Gasteiger partial charge in [-0.15, -0.1) is 0 Å². The smallest absolute Gasteiger partial charge is 0.0727 e. The van der Waals surface area contributed by atoms with Gasteiger partial charge in [-0.3, -0.25) is 0 Å². The van der Waals surface area contributed by atoms with E-state index >= 15 is 0 Å². The predicted octanol–water partition coefficient (Wildman–Crippen LogP) is 0.0749. The van der Waals surface area contributed by atoms with Crippen molar-refractivity contribution in [1.82, 2.24) is 5.01 Å². The molecule has 0 aliphatic heterocycles. The molecule has 0 bridgehead atoms. The lowest BCUT2D eigenvalue weighted by atomic mass is 10.2. The highest BCUT2D eigenvalue weighted by Gasteiger charge is 2.10. The number of nitrogens with zero attached hydrogens (tertiary/aromatic N) is 1. The third kappa shape index (κ3) is 2.49. The zero-order valence-corrected chi connectivity index (χ0v) is 5.91. The standard InChI is InChI=1S/C6H14N2O/c1-4-8(7)5(2)6(3)9/h4-6,9H,1,7H2,2-3H3. The van der Waals surface area contributed by atoms with Crippen LogP contribution in [0.2, 0.25) is 0 Å². The van der Waals surface area contributed by atoms with Gasteiger partial charge in [0, 0.05) is 6.20 Å². The topological polar surface area (TPSA) is 49.5 Å². The van der Waals surface area contributed by atoms with Crippen molar-refractivity contribution in [3.05, 3.63) is 12.8 Å². The molecule has 2 unspecified atom stereocenters. The van der Waals surface area contributed by atoms with Crippen molar-refractivity contribution in [2.24, 2.45) is 5.84 Å². The fourth-order valence-electron chi connectivity index (χ4n) is 0.415. The van der Waals surface area contributed by atoms with Crippen LogP contribution in [-0.2, 0) is 0 Å². The lowest BCUT2D eigenvalue weighted by molar-refractivity contribution is 0.0987. The summed E-state index contributed by atoms with van der Waals surface area (Å²) in [5.41, 5.74) is 0. The molecule has 2 atom stereocenters. The number of hydrogen-bond acceptors (Lipinski definition) is 3. The lowest BCUT2D eigenvalue weighted by Gasteiger charge is -2.23. The zero-order chi connectivity index (χ0) is 7.44. The van der Waals surface area contributed by atoms with E-state index in [1.54, 1.807) is 6.92 Å². The first-order valence-corrected chi connectivity index (χ1v) is 2.93. The van der Waals surface area contributed by atoms with Crippen LogP contribution in [0.1, 0.15) is 13.8 Å². The van der Waals surface area contributed by atoms with Crippen molar-refractivity contribution in [3.8, 4) is 0 Å². The molecule has 0 fully saturated rings. The maximum absolute atomic E-state index is 8.95. The van der Waals surface area contributed by atoms with Crippen LogP contribution in [0.3, 0.4) is 0 Å². The Morgan fingerprint density at radius 3 is 2.22 bits per heavy atom. The minimum absolute atomic E-state index is 0.0671. The van der Waals surface area contributed by atoms with E-state index in [4.69, 9.17) is 10.9 Å². The average Bonchev–Trinajstić information content (AvgIpc) is 1.84. The molecule has 0 saturated heterocycles. The van der Waals surface area contributed by atoms with Gasteiger partial charge >= 0.3 is 0 Å². The van der Waals surface area contributed by atoms with E-state index in [0.717, 1.165) is 0 Å². The molecule has 0 aromatic heterocycles. The van der Waals surface area contributed by atoms with Crippen LogP contribution in [0.4, 0.5) is 0 Å². The highest BCUT2D eigenvalue weighted by Crippen LogP contribution is 1.97. The minimum Gasteiger partial charge on any atom is -0.391 e. The van der Waals surface area contributed by atoms with Crippen LogP contribution in [0.25, 0.3) is 0 Å². The Labute approximate surface area is 55.7 Å². The highest BCUT2D eigenvalue weighted by atomic mass is 16.3. The molecular weight excluding hydrogens is 116 g/mol. The molecule has 9 heavy (non-hydrogen) atoms. The summed E-state index contributed by atoms with van der Waals surface area (Å²) in [6.07, 6.45) is 1.06. The van der Waals surface area contributed by atoms with Gasteiger partial charge in [0.25, 0.3) is 0 Å². The SMILES string of the molecule is C=CN(N)C(C)C(C)O. The van der Waals surface area contributed by atoms with E-state index in [9.17, 15) is 0 Å². The van der Waals surface area contributed by atoms with Gasteiger partial charge in [-0.25, -0.2) is 5.84 Å². The fraction of sp³-hybridized carbons (Fsp3) is 0.667. The van der Waals surface area contributed by atoms with Crippen molar-refractivity contribution in [2.75, 3.05) is 0 Å². The van der Waals surface area contributed by atoms with Gasteiger partial charge in [-0.2, -0.15) is 0 Å². The fourth-order valence-corrected chi connectivity index (χ4v) is 0.415. The molecule has 0 spiro atoms. The minimum atomic E-state index is -0.423. The van der Waals surface area contributed by atoms with Crippen LogP contribution in [0, 0.1) is 0 Å². The van der Waals surface area contributed by atoms with Gasteiger partial charge in [0.05, 0.1) is 12.1 Å². The van der Waals surface area contributed by atoms with Crippen LogP contribution in [0.15, 0.2) is 12.8 Å². The molecule has 0 heterocycles. The van der Waals surface area contributed by atoms with Gasteiger partial charge in [-0.05, 0) is 13.8 Å². The van der Waals surface area contributed by atoms with Gasteiger partial charge in [0.2, 0.25) is 0 Å². The molecular formula is C6H14N2O. The number of hydrogen-bond donors (Lipinski definition) is 2. The molecule has 3 N–H and O–H groups in total. The lowest BCUT2D eigenvalue weighted by Crippen LogP contribution is -2.40. The number of rotatable bonds is 3. The van der Waals surface area contributed by atoms with E-state index in [2.05, 4.69) is 6.58 Å². The summed E-state index contributed by atoms with van der Waals surface area (Å²) < 4.78 is 0. The third-order valence-electron chi connectivity index (χ3n) is 1.38. The normalized spacial score (nSPS) is 16.4. The van der Waals surface area contributed by atoms with Crippen molar-refractivity contribution in [3.63, 3.8) is 0 Å². The first-order valence-electron chi connectivity index (χ1n) is 2.93. The third-order valence-corrected chi connectivity index (χ3v) is 1.38. The maximum atomic E-state index is 8.95. The molecule has 0 rings (SSSR count). The molecule has 0 radical (unpaired) electrons. The molecule has 0 saturated carbocycles.